The fourth-order valence-corrected chi connectivity index (χ4v) is 4.05. The molecule has 0 aliphatic carbocycles. The van der Waals surface area contributed by atoms with Crippen molar-refractivity contribution in [1.29, 1.82) is 0 Å². The molecule has 0 bridgehead atoms. The summed E-state index contributed by atoms with van der Waals surface area (Å²) in [5, 5.41) is 2.75. The minimum absolute atomic E-state index is 0.00843. The van der Waals surface area contributed by atoms with E-state index in [0.29, 0.717) is 30.4 Å². The molecule has 0 fully saturated rings. The van der Waals surface area contributed by atoms with Crippen molar-refractivity contribution in [3.05, 3.63) is 42.5 Å². The van der Waals surface area contributed by atoms with E-state index in [1.54, 1.807) is 17.8 Å². The SMILES string of the molecule is CSc1ccc(NC(=O)CCNS(=O)(=O)c2ccc3c(c2)OCCCO3)cc1. The third-order valence-electron chi connectivity index (χ3n) is 4.05. The van der Waals surface area contributed by atoms with E-state index < -0.39 is 10.0 Å². The maximum atomic E-state index is 12.5. The molecule has 2 aromatic rings. The van der Waals surface area contributed by atoms with Crippen LogP contribution in [0.4, 0.5) is 5.69 Å². The van der Waals surface area contributed by atoms with Gasteiger partial charge in [0.25, 0.3) is 0 Å². The molecular formula is C19H22N2O5S2. The standard InChI is InChI=1S/C19H22N2O5S2/c1-27-15-5-3-14(4-6-15)21-19(22)9-10-20-28(23,24)16-7-8-17-18(13-16)26-12-2-11-25-17/h3-8,13,20H,2,9-12H2,1H3,(H,21,22). The maximum absolute atomic E-state index is 12.5. The molecule has 3 rings (SSSR count). The van der Waals surface area contributed by atoms with Crippen LogP contribution in [0.5, 0.6) is 11.5 Å². The number of benzene rings is 2. The molecule has 0 radical (unpaired) electrons. The van der Waals surface area contributed by atoms with Crippen molar-refractivity contribution in [2.24, 2.45) is 0 Å². The summed E-state index contributed by atoms with van der Waals surface area (Å²) in [5.74, 6) is 0.674. The number of amides is 1. The number of fused-ring (bicyclic) bond motifs is 1. The Labute approximate surface area is 168 Å². The number of sulfonamides is 1. The van der Waals surface area contributed by atoms with Gasteiger partial charge in [0.15, 0.2) is 11.5 Å². The largest absolute Gasteiger partial charge is 0.490 e. The van der Waals surface area contributed by atoms with Crippen molar-refractivity contribution < 1.29 is 22.7 Å². The van der Waals surface area contributed by atoms with Crippen LogP contribution in [0, 0.1) is 0 Å². The lowest BCUT2D eigenvalue weighted by molar-refractivity contribution is -0.116. The molecule has 0 spiro atoms. The average Bonchev–Trinajstić information content (AvgIpc) is 2.93. The second kappa shape index (κ2) is 9.31. The molecule has 0 saturated heterocycles. The Kier molecular flexibility index (Phi) is 6.82. The summed E-state index contributed by atoms with van der Waals surface area (Å²) in [6.45, 7) is 1.000. The van der Waals surface area contributed by atoms with E-state index in [-0.39, 0.29) is 23.8 Å². The third kappa shape index (κ3) is 5.40. The zero-order valence-electron chi connectivity index (χ0n) is 15.4. The lowest BCUT2D eigenvalue weighted by Crippen LogP contribution is -2.27. The molecule has 2 N–H and O–H groups in total. The molecule has 1 amide bonds. The highest BCUT2D eigenvalue weighted by atomic mass is 32.2. The summed E-state index contributed by atoms with van der Waals surface area (Å²) in [7, 11) is -3.75. The first-order valence-electron chi connectivity index (χ1n) is 8.81. The monoisotopic (exact) mass is 422 g/mol. The van der Waals surface area contributed by atoms with Crippen molar-refractivity contribution in [3.8, 4) is 11.5 Å². The molecule has 9 heteroatoms. The first kappa shape index (κ1) is 20.5. The van der Waals surface area contributed by atoms with Gasteiger partial charge in [-0.25, -0.2) is 13.1 Å². The lowest BCUT2D eigenvalue weighted by Gasteiger charge is -2.11. The molecule has 2 aromatic carbocycles. The van der Waals surface area contributed by atoms with Gasteiger partial charge >= 0.3 is 0 Å². The number of carbonyl (C=O) groups excluding carboxylic acids is 1. The van der Waals surface area contributed by atoms with E-state index in [4.69, 9.17) is 9.47 Å². The van der Waals surface area contributed by atoms with Gasteiger partial charge < -0.3 is 14.8 Å². The summed E-state index contributed by atoms with van der Waals surface area (Å²) in [6, 6.07) is 11.9. The summed E-state index contributed by atoms with van der Waals surface area (Å²) in [6.07, 6.45) is 2.74. The number of anilines is 1. The zero-order chi connectivity index (χ0) is 20.0. The Morgan fingerprint density at radius 2 is 1.79 bits per heavy atom. The Hall–Kier alpha value is -2.23. The smallest absolute Gasteiger partial charge is 0.240 e. The lowest BCUT2D eigenvalue weighted by atomic mass is 10.3. The predicted molar refractivity (Wildman–Crippen MR) is 109 cm³/mol. The highest BCUT2D eigenvalue weighted by Crippen LogP contribution is 2.31. The van der Waals surface area contributed by atoms with Crippen molar-refractivity contribution in [3.63, 3.8) is 0 Å². The van der Waals surface area contributed by atoms with E-state index in [1.807, 2.05) is 30.5 Å². The van der Waals surface area contributed by atoms with Gasteiger partial charge in [0, 0.05) is 36.0 Å². The number of nitrogens with one attached hydrogen (secondary N) is 2. The van der Waals surface area contributed by atoms with Crippen LogP contribution < -0.4 is 19.5 Å². The van der Waals surface area contributed by atoms with Gasteiger partial charge in [-0.05, 0) is 42.7 Å². The Morgan fingerprint density at radius 1 is 1.07 bits per heavy atom. The topological polar surface area (TPSA) is 93.7 Å². The average molecular weight is 423 g/mol. The molecule has 7 nitrogen and oxygen atoms in total. The third-order valence-corrected chi connectivity index (χ3v) is 6.25. The highest BCUT2D eigenvalue weighted by Gasteiger charge is 2.19. The maximum Gasteiger partial charge on any atom is 0.240 e. The van der Waals surface area contributed by atoms with Gasteiger partial charge in [0.2, 0.25) is 15.9 Å². The molecule has 28 heavy (non-hydrogen) atoms. The van der Waals surface area contributed by atoms with Crippen LogP contribution in [-0.4, -0.2) is 40.3 Å². The van der Waals surface area contributed by atoms with E-state index in [2.05, 4.69) is 10.0 Å². The van der Waals surface area contributed by atoms with Crippen LogP contribution in [0.1, 0.15) is 12.8 Å². The summed E-state index contributed by atoms with van der Waals surface area (Å²) >= 11 is 1.61. The molecule has 150 valence electrons. The summed E-state index contributed by atoms with van der Waals surface area (Å²) in [5.41, 5.74) is 0.675. The van der Waals surface area contributed by atoms with Gasteiger partial charge in [0.05, 0.1) is 18.1 Å². The van der Waals surface area contributed by atoms with Crippen LogP contribution in [0.2, 0.25) is 0 Å². The number of carbonyl (C=O) groups is 1. The fraction of sp³-hybridized carbons (Fsp3) is 0.316. The van der Waals surface area contributed by atoms with E-state index in [1.165, 1.54) is 12.1 Å². The molecule has 1 aliphatic heterocycles. The highest BCUT2D eigenvalue weighted by molar-refractivity contribution is 7.98. The van der Waals surface area contributed by atoms with Crippen LogP contribution >= 0.6 is 11.8 Å². The molecule has 1 heterocycles. The number of hydrogen-bond donors (Lipinski definition) is 2. The van der Waals surface area contributed by atoms with Gasteiger partial charge in [-0.3, -0.25) is 4.79 Å². The van der Waals surface area contributed by atoms with Crippen molar-refractivity contribution >= 4 is 33.4 Å². The normalized spacial score (nSPS) is 13.6. The van der Waals surface area contributed by atoms with Crippen molar-refractivity contribution in [1.82, 2.24) is 4.72 Å². The molecule has 1 aliphatic rings. The van der Waals surface area contributed by atoms with E-state index in [9.17, 15) is 13.2 Å². The predicted octanol–water partition coefficient (Wildman–Crippen LogP) is 2.88. The molecular weight excluding hydrogens is 400 g/mol. The van der Waals surface area contributed by atoms with Crippen LogP contribution in [0.15, 0.2) is 52.3 Å². The van der Waals surface area contributed by atoms with Crippen LogP contribution in [0.3, 0.4) is 0 Å². The van der Waals surface area contributed by atoms with Crippen LogP contribution in [0.25, 0.3) is 0 Å². The summed E-state index contributed by atoms with van der Waals surface area (Å²) in [4.78, 5) is 13.2. The minimum Gasteiger partial charge on any atom is -0.490 e. The Balaban J connectivity index is 1.54. The first-order chi connectivity index (χ1) is 13.5. The molecule has 0 atom stereocenters. The molecule has 0 saturated carbocycles. The number of thioether (sulfide) groups is 1. The number of ether oxygens (including phenoxy) is 2. The molecule has 0 aromatic heterocycles. The second-order valence-corrected chi connectivity index (χ2v) is 8.73. The summed E-state index contributed by atoms with van der Waals surface area (Å²) < 4.78 is 38.4. The first-order valence-corrected chi connectivity index (χ1v) is 11.5. The van der Waals surface area contributed by atoms with Gasteiger partial charge in [-0.15, -0.1) is 11.8 Å². The van der Waals surface area contributed by atoms with E-state index >= 15 is 0 Å². The fourth-order valence-electron chi connectivity index (χ4n) is 2.59. The van der Waals surface area contributed by atoms with Crippen molar-refractivity contribution in [2.75, 3.05) is 31.3 Å². The number of hydrogen-bond acceptors (Lipinski definition) is 6. The Bertz CT molecular complexity index is 930. The number of rotatable bonds is 7. The van der Waals surface area contributed by atoms with Gasteiger partial charge in [-0.1, -0.05) is 0 Å². The van der Waals surface area contributed by atoms with Crippen LogP contribution in [-0.2, 0) is 14.8 Å². The van der Waals surface area contributed by atoms with Crippen molar-refractivity contribution in [2.45, 2.75) is 22.6 Å². The second-order valence-electron chi connectivity index (χ2n) is 6.08. The zero-order valence-corrected chi connectivity index (χ0v) is 17.1. The van der Waals surface area contributed by atoms with E-state index in [0.717, 1.165) is 11.3 Å². The van der Waals surface area contributed by atoms with Gasteiger partial charge in [0.1, 0.15) is 0 Å². The minimum atomic E-state index is -3.75. The quantitative estimate of drug-likeness (QED) is 0.667. The molecule has 0 unspecified atom stereocenters. The Morgan fingerprint density at radius 3 is 2.50 bits per heavy atom. The van der Waals surface area contributed by atoms with Gasteiger partial charge in [-0.2, -0.15) is 0 Å².